The molecule has 0 unspecified atom stereocenters. The van der Waals surface area contributed by atoms with Crippen LogP contribution in [0, 0.1) is 21.3 Å². The van der Waals surface area contributed by atoms with Crippen LogP contribution < -0.4 is 20.1 Å². The number of hydrogen-bond acceptors (Lipinski definition) is 9. The molecule has 1 heterocycles. The van der Waals surface area contributed by atoms with Crippen molar-refractivity contribution < 1.29 is 18.8 Å². The predicted molar refractivity (Wildman–Crippen MR) is 114 cm³/mol. The normalized spacial score (nSPS) is 10.3. The summed E-state index contributed by atoms with van der Waals surface area (Å²) in [5.41, 5.74) is 0.643. The molecule has 0 atom stereocenters. The molecule has 1 aromatic heterocycles. The van der Waals surface area contributed by atoms with Gasteiger partial charge in [-0.1, -0.05) is 0 Å². The first-order valence-electron chi connectivity index (χ1n) is 9.11. The summed E-state index contributed by atoms with van der Waals surface area (Å²) < 4.78 is 24.4. The number of nitro groups is 1. The van der Waals surface area contributed by atoms with Gasteiger partial charge in [-0.15, -0.1) is 0 Å². The van der Waals surface area contributed by atoms with Gasteiger partial charge in [-0.25, -0.2) is 4.98 Å². The fourth-order valence-electron chi connectivity index (χ4n) is 2.73. The molecular formula is C20H19FN6O4. The number of methoxy groups -OCH3 is 1. The maximum atomic E-state index is 13.8. The molecule has 0 saturated carbocycles. The second-order valence-electron chi connectivity index (χ2n) is 6.10. The molecule has 10 nitrogen and oxygen atoms in total. The number of aromatic nitrogens is 2. The van der Waals surface area contributed by atoms with Crippen molar-refractivity contribution in [1.82, 2.24) is 9.97 Å². The Labute approximate surface area is 176 Å². The van der Waals surface area contributed by atoms with Crippen LogP contribution in [0.2, 0.25) is 0 Å². The molecule has 3 aromatic rings. The highest BCUT2D eigenvalue weighted by Gasteiger charge is 2.19. The molecule has 0 radical (unpaired) electrons. The van der Waals surface area contributed by atoms with Crippen LogP contribution in [0.15, 0.2) is 42.6 Å². The van der Waals surface area contributed by atoms with E-state index in [1.54, 1.807) is 24.3 Å². The molecule has 0 fully saturated rings. The maximum Gasteiger partial charge on any atom is 0.307 e. The van der Waals surface area contributed by atoms with Crippen molar-refractivity contribution >= 4 is 35.0 Å². The second kappa shape index (κ2) is 9.48. The first kappa shape index (κ1) is 21.4. The summed E-state index contributed by atoms with van der Waals surface area (Å²) in [6, 6.07) is 8.78. The summed E-state index contributed by atoms with van der Waals surface area (Å²) in [7, 11) is 1.31. The van der Waals surface area contributed by atoms with Crippen molar-refractivity contribution in [2.24, 2.45) is 0 Å². The summed E-state index contributed by atoms with van der Waals surface area (Å²) in [5, 5.41) is 24.6. The standard InChI is InChI=1S/C20H19FN6O4/c1-3-31-13-4-5-15(12(8-13)11-22)24-19-6-7-23-20(26-19)25-16-10-17(27(28)29)14(21)9-18(16)30-2/h4-11,22H,3H2,1-2H3,(H2,23,24,25,26). The average molecular weight is 426 g/mol. The molecule has 0 spiro atoms. The lowest BCUT2D eigenvalue weighted by molar-refractivity contribution is -0.387. The number of nitrogens with one attached hydrogen (secondary N) is 3. The Hall–Kier alpha value is -4.28. The molecule has 0 aliphatic carbocycles. The van der Waals surface area contributed by atoms with E-state index in [1.807, 2.05) is 6.92 Å². The average Bonchev–Trinajstić information content (AvgIpc) is 2.76. The Bertz CT molecular complexity index is 1120. The zero-order valence-electron chi connectivity index (χ0n) is 16.7. The molecule has 0 amide bonds. The van der Waals surface area contributed by atoms with Gasteiger partial charge in [0.25, 0.3) is 0 Å². The molecule has 0 saturated heterocycles. The minimum Gasteiger partial charge on any atom is -0.494 e. The van der Waals surface area contributed by atoms with Crippen molar-refractivity contribution in [2.45, 2.75) is 6.92 Å². The van der Waals surface area contributed by atoms with Crippen molar-refractivity contribution in [2.75, 3.05) is 24.4 Å². The third-order valence-electron chi connectivity index (χ3n) is 4.12. The quantitative estimate of drug-likeness (QED) is 0.260. The summed E-state index contributed by atoms with van der Waals surface area (Å²) >= 11 is 0. The third kappa shape index (κ3) is 5.01. The van der Waals surface area contributed by atoms with Crippen LogP contribution in [0.4, 0.5) is 33.2 Å². The molecular weight excluding hydrogens is 407 g/mol. The van der Waals surface area contributed by atoms with E-state index in [0.717, 1.165) is 12.1 Å². The van der Waals surface area contributed by atoms with Crippen molar-refractivity contribution in [3.8, 4) is 11.5 Å². The lowest BCUT2D eigenvalue weighted by Crippen LogP contribution is -2.04. The van der Waals surface area contributed by atoms with Gasteiger partial charge in [0, 0.05) is 35.8 Å². The maximum absolute atomic E-state index is 13.8. The van der Waals surface area contributed by atoms with Gasteiger partial charge in [0.1, 0.15) is 17.3 Å². The lowest BCUT2D eigenvalue weighted by Gasteiger charge is -2.13. The second-order valence-corrected chi connectivity index (χ2v) is 6.10. The van der Waals surface area contributed by atoms with Gasteiger partial charge in [-0.05, 0) is 31.2 Å². The zero-order chi connectivity index (χ0) is 22.4. The Morgan fingerprint density at radius 3 is 2.71 bits per heavy atom. The van der Waals surface area contributed by atoms with Gasteiger partial charge in [-0.2, -0.15) is 9.37 Å². The van der Waals surface area contributed by atoms with Gasteiger partial charge in [0.15, 0.2) is 0 Å². The highest BCUT2D eigenvalue weighted by Crippen LogP contribution is 2.33. The SMILES string of the molecule is CCOc1ccc(Nc2ccnc(Nc3cc([N+](=O)[O-])c(F)cc3OC)n2)c(C=N)c1. The monoisotopic (exact) mass is 426 g/mol. The van der Waals surface area contributed by atoms with Crippen LogP contribution >= 0.6 is 0 Å². The topological polar surface area (TPSA) is 135 Å². The van der Waals surface area contributed by atoms with E-state index in [0.29, 0.717) is 29.4 Å². The molecule has 0 aliphatic rings. The minimum absolute atomic E-state index is 0.0580. The van der Waals surface area contributed by atoms with Crippen LogP contribution in [0.5, 0.6) is 11.5 Å². The molecule has 160 valence electrons. The van der Waals surface area contributed by atoms with Gasteiger partial charge in [0.05, 0.1) is 24.3 Å². The molecule has 3 rings (SSSR count). The molecule has 0 bridgehead atoms. The minimum atomic E-state index is -1.02. The van der Waals surface area contributed by atoms with Crippen molar-refractivity contribution in [1.29, 1.82) is 5.41 Å². The summed E-state index contributed by atoms with van der Waals surface area (Å²) in [4.78, 5) is 18.6. The van der Waals surface area contributed by atoms with E-state index in [-0.39, 0.29) is 17.4 Å². The fourth-order valence-corrected chi connectivity index (χ4v) is 2.73. The van der Waals surface area contributed by atoms with Gasteiger partial charge >= 0.3 is 5.69 Å². The molecule has 0 aliphatic heterocycles. The number of nitro benzene ring substituents is 1. The van der Waals surface area contributed by atoms with E-state index in [9.17, 15) is 14.5 Å². The number of halogens is 1. The Kier molecular flexibility index (Phi) is 6.55. The Balaban J connectivity index is 1.87. The van der Waals surface area contributed by atoms with Gasteiger partial charge in [0.2, 0.25) is 11.8 Å². The van der Waals surface area contributed by atoms with Gasteiger partial charge in [-0.3, -0.25) is 10.1 Å². The van der Waals surface area contributed by atoms with Gasteiger partial charge < -0.3 is 25.5 Å². The Morgan fingerprint density at radius 2 is 2.03 bits per heavy atom. The molecule has 3 N–H and O–H groups in total. The van der Waals surface area contributed by atoms with Crippen LogP contribution in [0.1, 0.15) is 12.5 Å². The Morgan fingerprint density at radius 1 is 1.23 bits per heavy atom. The number of ether oxygens (including phenoxy) is 2. The fraction of sp³-hybridized carbons (Fsp3) is 0.150. The van der Waals surface area contributed by atoms with Crippen LogP contribution in [0.25, 0.3) is 0 Å². The number of nitrogens with zero attached hydrogens (tertiary/aromatic N) is 3. The van der Waals surface area contributed by atoms with Crippen LogP contribution in [0.3, 0.4) is 0 Å². The van der Waals surface area contributed by atoms with E-state index >= 15 is 0 Å². The number of benzene rings is 2. The molecule has 31 heavy (non-hydrogen) atoms. The molecule has 11 heteroatoms. The van der Waals surface area contributed by atoms with Crippen LogP contribution in [-0.2, 0) is 0 Å². The summed E-state index contributed by atoms with van der Waals surface area (Å²) in [5.74, 6) is 0.189. The summed E-state index contributed by atoms with van der Waals surface area (Å²) in [6.07, 6.45) is 2.66. The van der Waals surface area contributed by atoms with Crippen LogP contribution in [-0.4, -0.2) is 34.8 Å². The smallest absolute Gasteiger partial charge is 0.307 e. The first-order chi connectivity index (χ1) is 14.9. The number of anilines is 4. The van der Waals surface area contributed by atoms with E-state index in [1.165, 1.54) is 19.5 Å². The zero-order valence-corrected chi connectivity index (χ0v) is 16.7. The largest absolute Gasteiger partial charge is 0.494 e. The number of hydrogen-bond donors (Lipinski definition) is 3. The molecule has 2 aromatic carbocycles. The van der Waals surface area contributed by atoms with E-state index in [4.69, 9.17) is 14.9 Å². The summed E-state index contributed by atoms with van der Waals surface area (Å²) in [6.45, 7) is 2.38. The highest BCUT2D eigenvalue weighted by atomic mass is 19.1. The number of rotatable bonds is 9. The lowest BCUT2D eigenvalue weighted by atomic mass is 10.2. The van der Waals surface area contributed by atoms with E-state index in [2.05, 4.69) is 20.6 Å². The van der Waals surface area contributed by atoms with E-state index < -0.39 is 16.4 Å². The first-order valence-corrected chi connectivity index (χ1v) is 9.11. The van der Waals surface area contributed by atoms with Crippen molar-refractivity contribution in [3.05, 3.63) is 64.1 Å². The van der Waals surface area contributed by atoms with Crippen molar-refractivity contribution in [3.63, 3.8) is 0 Å². The highest BCUT2D eigenvalue weighted by molar-refractivity contribution is 5.87. The predicted octanol–water partition coefficient (Wildman–Crippen LogP) is 4.42. The third-order valence-corrected chi connectivity index (χ3v) is 4.12.